The molecule has 0 bridgehead atoms. The Morgan fingerprint density at radius 1 is 0.515 bits per heavy atom. The van der Waals surface area contributed by atoms with Gasteiger partial charge in [-0.2, -0.15) is 0 Å². The van der Waals surface area contributed by atoms with Gasteiger partial charge in [-0.1, -0.05) is 59.6 Å². The molecule has 0 aliphatic heterocycles. The van der Waals surface area contributed by atoms with E-state index in [0.717, 1.165) is 69.8 Å². The van der Waals surface area contributed by atoms with Crippen LogP contribution in [0.4, 0.5) is 17.6 Å². The van der Waals surface area contributed by atoms with Gasteiger partial charge in [0.2, 0.25) is 0 Å². The molecule has 68 heavy (non-hydrogen) atoms. The minimum absolute atomic E-state index is 0.0541. The summed E-state index contributed by atoms with van der Waals surface area (Å²) in [5.74, 6) is -4.90. The number of hydrogen-bond donors (Lipinski definition) is 6. The third-order valence-electron chi connectivity index (χ3n) is 10.9. The Morgan fingerprint density at radius 3 is 1.21 bits per heavy atom. The van der Waals surface area contributed by atoms with E-state index in [2.05, 4.69) is 10.6 Å². The molecule has 0 fully saturated rings. The van der Waals surface area contributed by atoms with E-state index in [9.17, 15) is 47.6 Å². The summed E-state index contributed by atoms with van der Waals surface area (Å²) in [5, 5.41) is 43.6. The van der Waals surface area contributed by atoms with Crippen LogP contribution in [0.1, 0.15) is 44.5 Å². The molecular weight excluding hydrogens is 935 g/mol. The predicted molar refractivity (Wildman–Crippen MR) is 245 cm³/mol. The van der Waals surface area contributed by atoms with Crippen LogP contribution in [-0.4, -0.2) is 57.7 Å². The molecule has 0 heterocycles. The smallest absolute Gasteiger partial charge is 0.323 e. The molecule has 6 rings (SSSR count). The highest BCUT2D eigenvalue weighted by molar-refractivity contribution is 6.32. The maximum Gasteiger partial charge on any atom is 0.323 e. The van der Waals surface area contributed by atoms with Gasteiger partial charge < -0.3 is 39.4 Å². The summed E-state index contributed by atoms with van der Waals surface area (Å²) in [6, 6.07) is 20.9. The van der Waals surface area contributed by atoms with Crippen LogP contribution in [-0.2, 0) is 49.1 Å². The van der Waals surface area contributed by atoms with E-state index >= 15 is 0 Å². The molecule has 18 heteroatoms. The van der Waals surface area contributed by atoms with E-state index in [1.54, 1.807) is 0 Å². The van der Waals surface area contributed by atoms with Gasteiger partial charge in [0.05, 0.1) is 23.3 Å². The maximum absolute atomic E-state index is 14.0. The van der Waals surface area contributed by atoms with Crippen molar-refractivity contribution >= 4 is 35.1 Å². The Labute approximate surface area is 398 Å². The first kappa shape index (κ1) is 51.0. The third kappa shape index (κ3) is 13.4. The summed E-state index contributed by atoms with van der Waals surface area (Å²) in [6.07, 6.45) is 0. The molecule has 6 N–H and O–H groups in total. The van der Waals surface area contributed by atoms with Crippen molar-refractivity contribution in [1.82, 2.24) is 10.6 Å². The van der Waals surface area contributed by atoms with Crippen LogP contribution in [0.15, 0.2) is 97.1 Å². The molecule has 2 unspecified atom stereocenters. The van der Waals surface area contributed by atoms with Crippen LogP contribution >= 0.6 is 23.2 Å². The topological polar surface area (TPSA) is 176 Å². The number of nitrogens with one attached hydrogen (secondary N) is 2. The van der Waals surface area contributed by atoms with Crippen molar-refractivity contribution < 1.29 is 66.5 Å². The number of hydrogen-bond acceptors (Lipinski definition) is 10. The van der Waals surface area contributed by atoms with Crippen molar-refractivity contribution in [2.45, 2.75) is 65.4 Å². The first-order valence-electron chi connectivity index (χ1n) is 20.9. The molecule has 0 radical (unpaired) electrons. The van der Waals surface area contributed by atoms with E-state index in [1.807, 2.05) is 50.2 Å². The fraction of sp³-hybridized carbons (Fsp3) is 0.240. The summed E-state index contributed by atoms with van der Waals surface area (Å²) in [5.41, 5.74) is 6.36. The average molecular weight is 982 g/mol. The summed E-state index contributed by atoms with van der Waals surface area (Å²) in [6.45, 7) is 1.95. The molecule has 0 aliphatic rings. The number of aliphatic carboxylic acids is 2. The van der Waals surface area contributed by atoms with E-state index in [-0.39, 0.29) is 83.7 Å². The molecule has 2 atom stereocenters. The Balaban J connectivity index is 1.21. The average Bonchev–Trinajstić information content (AvgIpc) is 3.28. The Bertz CT molecular complexity index is 2550. The van der Waals surface area contributed by atoms with Crippen molar-refractivity contribution in [3.05, 3.63) is 175 Å². The summed E-state index contributed by atoms with van der Waals surface area (Å²) in [4.78, 5) is 23.1. The van der Waals surface area contributed by atoms with E-state index in [1.165, 1.54) is 24.3 Å². The highest BCUT2D eigenvalue weighted by Gasteiger charge is 2.21. The number of aliphatic hydroxyl groups excluding tert-OH is 2. The summed E-state index contributed by atoms with van der Waals surface area (Å²) in [7, 11) is 0. The van der Waals surface area contributed by atoms with Gasteiger partial charge in [-0.15, -0.1) is 0 Å². The monoisotopic (exact) mass is 980 g/mol. The lowest BCUT2D eigenvalue weighted by Gasteiger charge is -2.19. The number of benzene rings is 6. The first-order chi connectivity index (χ1) is 32.5. The van der Waals surface area contributed by atoms with Gasteiger partial charge in [0.1, 0.15) is 84.8 Å². The zero-order valence-corrected chi connectivity index (χ0v) is 38.1. The standard InChI is InChI=1S/C50H46Cl2F4N2O10/c1-27-31(25-67-47-17-45(65-23-29-9-35(53)15-36(54)10-29)33(13-41(47)51)19-57-43(21-59)49(61)62)5-3-7-39(27)40-8-4-6-32(28(40)2)26-68-48-18-46(66-24-30-11-37(55)16-38(56)12-30)34(14-42(48)52)20-58-44(22-60)50(63)64/h3-18,43-44,57-60H,19-26H2,1-2H3,(H,61,62)(H,63,64). The lowest BCUT2D eigenvalue weighted by molar-refractivity contribution is -0.141. The normalized spacial score (nSPS) is 12.1. The van der Waals surface area contributed by atoms with Gasteiger partial charge in [0.15, 0.2) is 0 Å². The number of aliphatic hydroxyl groups is 2. The number of carbonyl (C=O) groups is 2. The molecule has 12 nitrogen and oxygen atoms in total. The van der Waals surface area contributed by atoms with Crippen LogP contribution in [0.25, 0.3) is 11.1 Å². The molecule has 6 aromatic rings. The Morgan fingerprint density at radius 2 is 0.868 bits per heavy atom. The van der Waals surface area contributed by atoms with Gasteiger partial charge >= 0.3 is 11.9 Å². The van der Waals surface area contributed by atoms with Crippen LogP contribution in [0, 0.1) is 37.1 Å². The van der Waals surface area contributed by atoms with Crippen molar-refractivity contribution in [3.63, 3.8) is 0 Å². The number of ether oxygens (including phenoxy) is 4. The van der Waals surface area contributed by atoms with Crippen LogP contribution in [0.2, 0.25) is 10.0 Å². The fourth-order valence-corrected chi connectivity index (χ4v) is 7.61. The quantitative estimate of drug-likeness (QED) is 0.0336. The number of rotatable bonds is 23. The number of carboxylic acid groups (broad SMARTS) is 2. The Hall–Kier alpha value is -6.40. The lowest BCUT2D eigenvalue weighted by atomic mass is 9.92. The minimum atomic E-state index is -1.29. The third-order valence-corrected chi connectivity index (χ3v) is 11.4. The molecule has 358 valence electrons. The molecule has 0 amide bonds. The van der Waals surface area contributed by atoms with Crippen molar-refractivity contribution in [2.75, 3.05) is 13.2 Å². The second-order valence-corrected chi connectivity index (χ2v) is 16.4. The second-order valence-electron chi connectivity index (χ2n) is 15.6. The van der Waals surface area contributed by atoms with E-state index in [0.29, 0.717) is 11.1 Å². The molecule has 0 aromatic heterocycles. The molecule has 6 aromatic carbocycles. The maximum atomic E-state index is 14.0. The SMILES string of the molecule is Cc1c(COc2cc(OCc3cc(F)cc(F)c3)c(CNC(CO)C(=O)O)cc2Cl)cccc1-c1cccc(COc2cc(OCc3cc(F)cc(F)c3)c(CNC(CO)C(=O)O)cc2Cl)c1C. The Kier molecular flexibility index (Phi) is 17.7. The number of carboxylic acids is 2. The first-order valence-corrected chi connectivity index (χ1v) is 21.7. The molecule has 0 spiro atoms. The molecular formula is C50H46Cl2F4N2O10. The van der Waals surface area contributed by atoms with E-state index < -0.39 is 60.5 Å². The van der Waals surface area contributed by atoms with E-state index in [4.69, 9.17) is 42.1 Å². The zero-order chi connectivity index (χ0) is 49.1. The van der Waals surface area contributed by atoms with Gasteiger partial charge in [0, 0.05) is 48.5 Å². The highest BCUT2D eigenvalue weighted by atomic mass is 35.5. The van der Waals surface area contributed by atoms with Crippen LogP contribution < -0.4 is 29.6 Å². The van der Waals surface area contributed by atoms with Crippen LogP contribution in [0.3, 0.4) is 0 Å². The van der Waals surface area contributed by atoms with Crippen molar-refractivity contribution in [3.8, 4) is 34.1 Å². The fourth-order valence-electron chi connectivity index (χ4n) is 7.13. The predicted octanol–water partition coefficient (Wildman–Crippen LogP) is 9.22. The zero-order valence-electron chi connectivity index (χ0n) is 36.6. The van der Waals surface area contributed by atoms with Crippen molar-refractivity contribution in [2.24, 2.45) is 0 Å². The van der Waals surface area contributed by atoms with Gasteiger partial charge in [-0.25, -0.2) is 17.6 Å². The summed E-state index contributed by atoms with van der Waals surface area (Å²) < 4.78 is 80.2. The lowest BCUT2D eigenvalue weighted by Crippen LogP contribution is -2.39. The van der Waals surface area contributed by atoms with Gasteiger partial charge in [0.25, 0.3) is 0 Å². The van der Waals surface area contributed by atoms with Gasteiger partial charge in [-0.3, -0.25) is 20.2 Å². The highest BCUT2D eigenvalue weighted by Crippen LogP contribution is 2.37. The molecule has 0 saturated heterocycles. The molecule has 0 saturated carbocycles. The second kappa shape index (κ2) is 23.6. The van der Waals surface area contributed by atoms with Crippen molar-refractivity contribution in [1.29, 1.82) is 0 Å². The van der Waals surface area contributed by atoms with Gasteiger partial charge in [-0.05, 0) is 94.8 Å². The number of halogens is 6. The summed E-state index contributed by atoms with van der Waals surface area (Å²) >= 11 is 13.4. The molecule has 0 aliphatic carbocycles. The van der Waals surface area contributed by atoms with Crippen LogP contribution in [0.5, 0.6) is 23.0 Å². The minimum Gasteiger partial charge on any atom is -0.488 e. The largest absolute Gasteiger partial charge is 0.488 e.